The second kappa shape index (κ2) is 6.50. The maximum atomic E-state index is 11.3. The molecule has 0 radical (unpaired) electrons. The molecule has 1 rings (SSSR count). The Morgan fingerprint density at radius 2 is 1.24 bits per heavy atom. The zero-order valence-corrected chi connectivity index (χ0v) is 10.2. The fourth-order valence-corrected chi connectivity index (χ4v) is 1.82. The van der Waals surface area contributed by atoms with E-state index in [9.17, 15) is 14.4 Å². The third-order valence-electron chi connectivity index (χ3n) is 2.28. The molecule has 0 aliphatic rings. The van der Waals surface area contributed by atoms with Gasteiger partial charge in [-0.25, -0.2) is 0 Å². The Kier molecular flexibility index (Phi) is 6.34. The van der Waals surface area contributed by atoms with Crippen LogP contribution in [0.3, 0.4) is 0 Å². The molecule has 0 bridgehead atoms. The van der Waals surface area contributed by atoms with E-state index in [0.717, 1.165) is 0 Å². The SMILES string of the molecule is CC(=O)c1cc(C(C)=O)c(S)c(C(C)=O)c1.[NaH]. The van der Waals surface area contributed by atoms with Gasteiger partial charge in [0.05, 0.1) is 0 Å². The van der Waals surface area contributed by atoms with Crippen molar-refractivity contribution in [2.24, 2.45) is 0 Å². The van der Waals surface area contributed by atoms with Gasteiger partial charge in [-0.15, -0.1) is 12.6 Å². The first-order valence-electron chi connectivity index (χ1n) is 4.74. The van der Waals surface area contributed by atoms with Crippen LogP contribution in [0.5, 0.6) is 0 Å². The average Bonchev–Trinajstić information content (AvgIpc) is 2.16. The number of hydrogen-bond acceptors (Lipinski definition) is 4. The second-order valence-electron chi connectivity index (χ2n) is 3.59. The van der Waals surface area contributed by atoms with Crippen LogP contribution in [0.2, 0.25) is 0 Å². The van der Waals surface area contributed by atoms with E-state index >= 15 is 0 Å². The number of hydrogen-bond donors (Lipinski definition) is 1. The summed E-state index contributed by atoms with van der Waals surface area (Å²) >= 11 is 4.15. The van der Waals surface area contributed by atoms with Crippen LogP contribution in [0.15, 0.2) is 17.0 Å². The number of carbonyl (C=O) groups excluding carboxylic acids is 3. The van der Waals surface area contributed by atoms with Crippen molar-refractivity contribution in [2.75, 3.05) is 0 Å². The molecular formula is C12H13NaO3S. The van der Waals surface area contributed by atoms with Gasteiger partial charge in [-0.05, 0) is 32.9 Å². The van der Waals surface area contributed by atoms with Gasteiger partial charge in [-0.3, -0.25) is 14.4 Å². The summed E-state index contributed by atoms with van der Waals surface area (Å²) in [6.45, 7) is 4.15. The van der Waals surface area contributed by atoms with Gasteiger partial charge >= 0.3 is 29.6 Å². The molecule has 0 fully saturated rings. The van der Waals surface area contributed by atoms with E-state index in [1.807, 2.05) is 0 Å². The minimum absolute atomic E-state index is 0. The number of ketones is 3. The third-order valence-corrected chi connectivity index (χ3v) is 2.76. The van der Waals surface area contributed by atoms with Gasteiger partial charge in [0, 0.05) is 21.6 Å². The molecule has 0 amide bonds. The molecule has 0 spiro atoms. The van der Waals surface area contributed by atoms with Crippen LogP contribution in [0, 0.1) is 0 Å². The Labute approximate surface area is 128 Å². The van der Waals surface area contributed by atoms with E-state index in [1.54, 1.807) is 0 Å². The first-order valence-corrected chi connectivity index (χ1v) is 5.19. The molecular weight excluding hydrogens is 247 g/mol. The predicted molar refractivity (Wildman–Crippen MR) is 70.9 cm³/mol. The van der Waals surface area contributed by atoms with E-state index < -0.39 is 0 Å². The average molecular weight is 260 g/mol. The van der Waals surface area contributed by atoms with Gasteiger partial charge in [0.1, 0.15) is 0 Å². The Hall–Kier alpha value is -0.420. The van der Waals surface area contributed by atoms with E-state index in [4.69, 9.17) is 0 Å². The van der Waals surface area contributed by atoms with Crippen molar-refractivity contribution < 1.29 is 14.4 Å². The molecule has 1 aromatic carbocycles. The third kappa shape index (κ3) is 3.78. The number of rotatable bonds is 3. The van der Waals surface area contributed by atoms with Gasteiger partial charge in [-0.2, -0.15) is 0 Å². The number of benzene rings is 1. The normalized spacial score (nSPS) is 9.41. The zero-order valence-electron chi connectivity index (χ0n) is 9.33. The van der Waals surface area contributed by atoms with Crippen LogP contribution in [-0.2, 0) is 0 Å². The van der Waals surface area contributed by atoms with Crippen LogP contribution >= 0.6 is 12.6 Å². The topological polar surface area (TPSA) is 51.2 Å². The van der Waals surface area contributed by atoms with Gasteiger partial charge in [0.2, 0.25) is 0 Å². The van der Waals surface area contributed by atoms with Crippen molar-refractivity contribution >= 4 is 59.5 Å². The minimum atomic E-state index is -0.212. The molecule has 0 unspecified atom stereocenters. The molecule has 5 heteroatoms. The Bertz CT molecular complexity index is 460. The molecule has 0 aliphatic heterocycles. The summed E-state index contributed by atoms with van der Waals surface area (Å²) in [7, 11) is 0. The Balaban J connectivity index is 0.00000256. The fourth-order valence-electron chi connectivity index (χ4n) is 1.37. The first-order chi connectivity index (χ1) is 7.34. The van der Waals surface area contributed by atoms with Gasteiger partial charge < -0.3 is 0 Å². The summed E-state index contributed by atoms with van der Waals surface area (Å²) in [5, 5.41) is 0. The van der Waals surface area contributed by atoms with E-state index in [1.165, 1.54) is 32.9 Å². The Morgan fingerprint density at radius 3 is 1.47 bits per heavy atom. The molecule has 0 saturated carbocycles. The fraction of sp³-hybridized carbons (Fsp3) is 0.250. The van der Waals surface area contributed by atoms with Crippen molar-refractivity contribution in [3.8, 4) is 0 Å². The zero-order chi connectivity index (χ0) is 12.5. The van der Waals surface area contributed by atoms with Gasteiger partial charge in [-0.1, -0.05) is 0 Å². The van der Waals surface area contributed by atoms with E-state index in [2.05, 4.69) is 12.6 Å². The van der Waals surface area contributed by atoms with Crippen molar-refractivity contribution in [1.29, 1.82) is 0 Å². The van der Waals surface area contributed by atoms with E-state index in [-0.39, 0.29) is 46.9 Å². The van der Waals surface area contributed by atoms with Crippen LogP contribution in [0.1, 0.15) is 51.8 Å². The van der Waals surface area contributed by atoms with Crippen molar-refractivity contribution in [1.82, 2.24) is 0 Å². The molecule has 0 aromatic heterocycles. The summed E-state index contributed by atoms with van der Waals surface area (Å²) in [5.74, 6) is -0.607. The second-order valence-corrected chi connectivity index (χ2v) is 4.04. The van der Waals surface area contributed by atoms with Gasteiger partial charge in [0.25, 0.3) is 0 Å². The molecule has 0 aliphatic carbocycles. The number of Topliss-reactive ketones (excluding diaryl/α,β-unsaturated/α-hetero) is 3. The number of thiol groups is 1. The van der Waals surface area contributed by atoms with Crippen molar-refractivity contribution in [3.63, 3.8) is 0 Å². The molecule has 1 aromatic rings. The summed E-state index contributed by atoms with van der Waals surface area (Å²) < 4.78 is 0. The molecule has 86 valence electrons. The molecule has 17 heavy (non-hydrogen) atoms. The van der Waals surface area contributed by atoms with Crippen molar-refractivity contribution in [2.45, 2.75) is 25.7 Å². The summed E-state index contributed by atoms with van der Waals surface area (Å²) in [6, 6.07) is 2.94. The monoisotopic (exact) mass is 260 g/mol. The Morgan fingerprint density at radius 1 is 0.882 bits per heavy atom. The molecule has 0 N–H and O–H groups in total. The van der Waals surface area contributed by atoms with E-state index in [0.29, 0.717) is 21.6 Å². The number of carbonyl (C=O) groups is 3. The van der Waals surface area contributed by atoms with Gasteiger partial charge in [0.15, 0.2) is 17.3 Å². The standard InChI is InChI=1S/C12H12O3S.Na.H/c1-6(13)9-4-10(7(2)14)12(16)11(5-9)8(3)15;;/h4-5,16H,1-3H3;;. The molecule has 0 saturated heterocycles. The molecule has 0 atom stereocenters. The summed E-state index contributed by atoms with van der Waals surface area (Å²) in [6.07, 6.45) is 0. The molecule has 0 heterocycles. The summed E-state index contributed by atoms with van der Waals surface area (Å²) in [4.78, 5) is 34.3. The predicted octanol–water partition coefficient (Wildman–Crippen LogP) is 1.93. The van der Waals surface area contributed by atoms with Crippen LogP contribution in [-0.4, -0.2) is 46.9 Å². The van der Waals surface area contributed by atoms with Crippen LogP contribution < -0.4 is 0 Å². The molecule has 3 nitrogen and oxygen atoms in total. The van der Waals surface area contributed by atoms with Crippen molar-refractivity contribution in [3.05, 3.63) is 28.8 Å². The van der Waals surface area contributed by atoms with Crippen LogP contribution in [0.25, 0.3) is 0 Å². The quantitative estimate of drug-likeness (QED) is 0.513. The van der Waals surface area contributed by atoms with Crippen LogP contribution in [0.4, 0.5) is 0 Å². The summed E-state index contributed by atoms with van der Waals surface area (Å²) in [5.41, 5.74) is 0.968. The maximum absolute atomic E-state index is 11.3. The first kappa shape index (κ1) is 16.6.